The molecular weight excluding hydrogens is 424 g/mol. The molecule has 1 aliphatic carbocycles. The second-order valence-corrected chi connectivity index (χ2v) is 10.6. The van der Waals surface area contributed by atoms with Crippen molar-refractivity contribution in [1.82, 2.24) is 4.90 Å². The van der Waals surface area contributed by atoms with E-state index in [1.165, 1.54) is 15.4 Å². The Morgan fingerprint density at radius 2 is 1.94 bits per heavy atom. The fourth-order valence-corrected chi connectivity index (χ4v) is 4.46. The van der Waals surface area contributed by atoms with Gasteiger partial charge in [0.05, 0.1) is 10.6 Å². The molecule has 2 atom stereocenters. The van der Waals surface area contributed by atoms with E-state index in [1.807, 2.05) is 34.6 Å². The molecule has 0 radical (unpaired) electrons. The minimum absolute atomic E-state index is 0.0316. The fourth-order valence-electron chi connectivity index (χ4n) is 3.62. The van der Waals surface area contributed by atoms with Gasteiger partial charge < -0.3 is 10.0 Å². The summed E-state index contributed by atoms with van der Waals surface area (Å²) in [6.45, 7) is 9.81. The maximum absolute atomic E-state index is 13.7. The van der Waals surface area contributed by atoms with Gasteiger partial charge in [0, 0.05) is 25.4 Å². The van der Waals surface area contributed by atoms with Crippen molar-refractivity contribution in [2.75, 3.05) is 19.0 Å². The molecule has 1 heterocycles. The van der Waals surface area contributed by atoms with E-state index in [9.17, 15) is 19.5 Å². The Hall–Kier alpha value is -2.59. The van der Waals surface area contributed by atoms with Crippen LogP contribution in [0.25, 0.3) is 0 Å². The van der Waals surface area contributed by atoms with Crippen LogP contribution in [0.2, 0.25) is 0 Å². The molecule has 2 rings (SSSR count). The predicted octanol–water partition coefficient (Wildman–Crippen LogP) is 4.79. The Morgan fingerprint density at radius 1 is 1.28 bits per heavy atom. The molecule has 0 saturated carbocycles. The van der Waals surface area contributed by atoms with Crippen molar-refractivity contribution in [2.24, 2.45) is 11.3 Å². The molecule has 32 heavy (non-hydrogen) atoms. The second kappa shape index (κ2) is 10.4. The molecule has 174 valence electrons. The summed E-state index contributed by atoms with van der Waals surface area (Å²) in [5.74, 6) is 4.33. The van der Waals surface area contributed by atoms with Crippen LogP contribution in [0.15, 0.2) is 17.7 Å². The number of allylic oxidation sites excluding steroid dienone is 2. The van der Waals surface area contributed by atoms with Crippen LogP contribution in [0.4, 0.5) is 5.69 Å². The van der Waals surface area contributed by atoms with Crippen molar-refractivity contribution >= 4 is 34.8 Å². The highest BCUT2D eigenvalue weighted by atomic mass is 32.1. The minimum atomic E-state index is -1.13. The van der Waals surface area contributed by atoms with Crippen molar-refractivity contribution in [1.29, 1.82) is 0 Å². The van der Waals surface area contributed by atoms with E-state index in [1.54, 1.807) is 20.2 Å². The Balaban J connectivity index is 2.63. The number of amides is 2. The predicted molar refractivity (Wildman–Crippen MR) is 129 cm³/mol. The van der Waals surface area contributed by atoms with E-state index < -0.39 is 12.0 Å². The standard InChI is InChI=1S/C25H34N2O4S/c1-8-19(23(29)26(6)7)27(22(28)17-11-9-16(2)10-12-17)20-15-18(13-14-25(3,4)5)32-21(20)24(30)31/h9,15,17,19H,8,10-12H2,1-7H3,(H,30,31)/t17-,19+/m1/s1. The molecule has 1 N–H and O–H groups in total. The molecule has 0 spiro atoms. The zero-order valence-electron chi connectivity index (χ0n) is 20.1. The number of likely N-dealkylation sites (N-methyl/N-ethyl adjacent to an activating group) is 1. The molecule has 0 unspecified atom stereocenters. The van der Waals surface area contributed by atoms with Crippen LogP contribution in [0, 0.1) is 23.2 Å². The lowest BCUT2D eigenvalue weighted by Gasteiger charge is -2.35. The quantitative estimate of drug-likeness (QED) is 0.491. The molecule has 6 nitrogen and oxygen atoms in total. The molecule has 0 aromatic carbocycles. The zero-order chi connectivity index (χ0) is 24.2. The lowest BCUT2D eigenvalue weighted by atomic mass is 9.88. The number of anilines is 1. The molecule has 0 aliphatic heterocycles. The van der Waals surface area contributed by atoms with Crippen molar-refractivity contribution in [3.63, 3.8) is 0 Å². The molecule has 0 bridgehead atoms. The van der Waals surface area contributed by atoms with Gasteiger partial charge in [-0.25, -0.2) is 4.79 Å². The van der Waals surface area contributed by atoms with Gasteiger partial charge >= 0.3 is 5.97 Å². The molecule has 0 saturated heterocycles. The molecule has 2 amide bonds. The average Bonchev–Trinajstić information content (AvgIpc) is 3.13. The molecule has 1 aromatic rings. The van der Waals surface area contributed by atoms with Gasteiger partial charge in [0.1, 0.15) is 10.9 Å². The molecular formula is C25H34N2O4S. The zero-order valence-corrected chi connectivity index (χ0v) is 20.9. The number of carboxylic acids is 1. The summed E-state index contributed by atoms with van der Waals surface area (Å²) in [6.07, 6.45) is 4.54. The van der Waals surface area contributed by atoms with Gasteiger partial charge in [0.15, 0.2) is 0 Å². The van der Waals surface area contributed by atoms with Crippen LogP contribution in [0.3, 0.4) is 0 Å². The third-order valence-electron chi connectivity index (χ3n) is 5.38. The Morgan fingerprint density at radius 3 is 2.41 bits per heavy atom. The number of carbonyl (C=O) groups excluding carboxylic acids is 2. The van der Waals surface area contributed by atoms with E-state index >= 15 is 0 Å². The van der Waals surface area contributed by atoms with Crippen LogP contribution < -0.4 is 4.90 Å². The highest BCUT2D eigenvalue weighted by molar-refractivity contribution is 7.15. The van der Waals surface area contributed by atoms with Crippen LogP contribution in [0.1, 0.15) is 74.9 Å². The first-order valence-electron chi connectivity index (χ1n) is 11.0. The number of hydrogen-bond acceptors (Lipinski definition) is 4. The minimum Gasteiger partial charge on any atom is -0.477 e. The van der Waals surface area contributed by atoms with Gasteiger partial charge in [-0.1, -0.05) is 30.4 Å². The summed E-state index contributed by atoms with van der Waals surface area (Å²) in [5.41, 5.74) is 1.26. The van der Waals surface area contributed by atoms with Crippen LogP contribution >= 0.6 is 11.3 Å². The van der Waals surface area contributed by atoms with Gasteiger partial charge in [-0.15, -0.1) is 11.3 Å². The van der Waals surface area contributed by atoms with Crippen LogP contribution in [0.5, 0.6) is 0 Å². The third kappa shape index (κ3) is 6.23. The first-order valence-corrected chi connectivity index (χ1v) is 11.8. The highest BCUT2D eigenvalue weighted by Gasteiger charge is 2.37. The van der Waals surface area contributed by atoms with Crippen molar-refractivity contribution in [3.8, 4) is 11.8 Å². The fraction of sp³-hybridized carbons (Fsp3) is 0.560. The molecule has 1 aromatic heterocycles. The number of hydrogen-bond donors (Lipinski definition) is 1. The van der Waals surface area contributed by atoms with Crippen molar-refractivity contribution in [2.45, 2.75) is 66.3 Å². The van der Waals surface area contributed by atoms with E-state index in [4.69, 9.17) is 0 Å². The summed E-state index contributed by atoms with van der Waals surface area (Å²) < 4.78 is 0. The summed E-state index contributed by atoms with van der Waals surface area (Å²) in [7, 11) is 3.29. The second-order valence-electron chi connectivity index (χ2n) is 9.52. The maximum atomic E-state index is 13.7. The number of aromatic carboxylic acids is 1. The van der Waals surface area contributed by atoms with Gasteiger partial charge in [-0.05, 0) is 59.4 Å². The number of carbonyl (C=O) groups is 3. The largest absolute Gasteiger partial charge is 0.477 e. The lowest BCUT2D eigenvalue weighted by Crippen LogP contribution is -2.51. The molecule has 1 aliphatic rings. The first-order chi connectivity index (χ1) is 14.9. The summed E-state index contributed by atoms with van der Waals surface area (Å²) in [4.78, 5) is 42.4. The lowest BCUT2D eigenvalue weighted by molar-refractivity contribution is -0.133. The Kier molecular flexibility index (Phi) is 8.30. The summed E-state index contributed by atoms with van der Waals surface area (Å²) >= 11 is 1.05. The number of thiophene rings is 1. The van der Waals surface area contributed by atoms with E-state index in [0.29, 0.717) is 24.1 Å². The van der Waals surface area contributed by atoms with Gasteiger partial charge in [0.25, 0.3) is 0 Å². The van der Waals surface area contributed by atoms with Gasteiger partial charge in [0.2, 0.25) is 11.8 Å². The van der Waals surface area contributed by atoms with E-state index in [2.05, 4.69) is 17.9 Å². The monoisotopic (exact) mass is 458 g/mol. The molecule has 0 fully saturated rings. The van der Waals surface area contributed by atoms with E-state index in [0.717, 1.165) is 17.8 Å². The normalized spacial score (nSPS) is 17.0. The van der Waals surface area contributed by atoms with Crippen molar-refractivity contribution < 1.29 is 19.5 Å². The topological polar surface area (TPSA) is 77.9 Å². The Labute approximate surface area is 195 Å². The highest BCUT2D eigenvalue weighted by Crippen LogP contribution is 2.36. The smallest absolute Gasteiger partial charge is 0.348 e. The SMILES string of the molecule is CC[C@@H](C(=O)N(C)C)N(C(=O)[C@@H]1CC=C(C)CC1)c1cc(C#CC(C)(C)C)sc1C(=O)O. The summed E-state index contributed by atoms with van der Waals surface area (Å²) in [6, 6.07) is 0.876. The number of carboxylic acid groups (broad SMARTS) is 1. The molecule has 7 heteroatoms. The van der Waals surface area contributed by atoms with Crippen LogP contribution in [-0.2, 0) is 9.59 Å². The van der Waals surface area contributed by atoms with Gasteiger partial charge in [-0.2, -0.15) is 0 Å². The van der Waals surface area contributed by atoms with E-state index in [-0.39, 0.29) is 33.7 Å². The summed E-state index contributed by atoms with van der Waals surface area (Å²) in [5, 5.41) is 9.90. The van der Waals surface area contributed by atoms with Crippen molar-refractivity contribution in [3.05, 3.63) is 27.5 Å². The number of nitrogens with zero attached hydrogens (tertiary/aromatic N) is 2. The average molecular weight is 459 g/mol. The first kappa shape index (κ1) is 25.7. The number of rotatable bonds is 6. The van der Waals surface area contributed by atoms with Gasteiger partial charge in [-0.3, -0.25) is 14.5 Å². The third-order valence-corrected chi connectivity index (χ3v) is 6.40. The maximum Gasteiger partial charge on any atom is 0.348 e. The Bertz CT molecular complexity index is 972. The van der Waals surface area contributed by atoms with Crippen LogP contribution in [-0.4, -0.2) is 47.9 Å².